The molecule has 9 heteroatoms. The molecule has 7 nitrogen and oxygen atoms in total. The van der Waals surface area contributed by atoms with Gasteiger partial charge in [-0.2, -0.15) is 5.26 Å². The lowest BCUT2D eigenvalue weighted by molar-refractivity contribution is 0.00578. The second kappa shape index (κ2) is 10.6. The van der Waals surface area contributed by atoms with Crippen LogP contribution in [0.4, 0.5) is 5.69 Å². The highest BCUT2D eigenvalue weighted by Gasteiger charge is 2.53. The summed E-state index contributed by atoms with van der Waals surface area (Å²) in [6.45, 7) is 24.0. The molecular formula is C38H37B2N3O4. The maximum Gasteiger partial charge on any atom is 0.494 e. The van der Waals surface area contributed by atoms with Crippen LogP contribution in [0.1, 0.15) is 61.0 Å². The third kappa shape index (κ3) is 5.06. The Balaban J connectivity index is 1.37. The molecule has 0 bridgehead atoms. The van der Waals surface area contributed by atoms with Gasteiger partial charge in [0.2, 0.25) is 0 Å². The summed E-state index contributed by atoms with van der Waals surface area (Å²) < 4.78 is 28.0. The SMILES string of the molecule is [C-]#[N+]c1cc(C#N)cc(-c2ccc(-n3c4ccc(B5OC(C)(C)C(C)(C)O5)cc4c4cc(B5OC(C)(C)C(C)(C)O5)ccc43)cc2)c1. The van der Waals surface area contributed by atoms with E-state index in [1.54, 1.807) is 6.07 Å². The van der Waals surface area contributed by atoms with E-state index in [0.717, 1.165) is 49.5 Å². The third-order valence-corrected chi connectivity index (χ3v) is 10.5. The number of fused-ring (bicyclic) bond motifs is 3. The van der Waals surface area contributed by atoms with E-state index in [1.165, 1.54) is 0 Å². The lowest BCUT2D eigenvalue weighted by atomic mass is 9.77. The summed E-state index contributed by atoms with van der Waals surface area (Å²) in [4.78, 5) is 3.55. The molecule has 7 rings (SSSR count). The van der Waals surface area contributed by atoms with Gasteiger partial charge in [-0.3, -0.25) is 0 Å². The number of nitriles is 1. The van der Waals surface area contributed by atoms with Crippen molar-refractivity contribution in [3.05, 3.63) is 95.8 Å². The molecule has 0 N–H and O–H groups in total. The highest BCUT2D eigenvalue weighted by Crippen LogP contribution is 2.39. The minimum absolute atomic E-state index is 0.445. The minimum atomic E-state index is -0.488. The molecule has 4 aromatic carbocycles. The maximum atomic E-state index is 9.49. The number of aromatic nitrogens is 1. The van der Waals surface area contributed by atoms with E-state index in [-0.39, 0.29) is 0 Å². The molecule has 2 aliphatic rings. The number of benzene rings is 4. The molecule has 5 aromatic rings. The monoisotopic (exact) mass is 621 g/mol. The van der Waals surface area contributed by atoms with E-state index >= 15 is 0 Å². The molecule has 0 unspecified atom stereocenters. The second-order valence-corrected chi connectivity index (χ2v) is 14.6. The molecular weight excluding hydrogens is 584 g/mol. The van der Waals surface area contributed by atoms with E-state index in [1.807, 2.05) is 24.3 Å². The van der Waals surface area contributed by atoms with Gasteiger partial charge in [-0.1, -0.05) is 36.4 Å². The first kappa shape index (κ1) is 31.2. The Bertz CT molecular complexity index is 2000. The molecule has 0 spiro atoms. The van der Waals surface area contributed by atoms with Crippen LogP contribution in [0.2, 0.25) is 0 Å². The number of hydrogen-bond donors (Lipinski definition) is 0. The van der Waals surface area contributed by atoms with Gasteiger partial charge in [-0.05, 0) is 120 Å². The molecule has 0 amide bonds. The lowest BCUT2D eigenvalue weighted by Crippen LogP contribution is -2.41. The van der Waals surface area contributed by atoms with Crippen LogP contribution >= 0.6 is 0 Å². The Morgan fingerprint density at radius 3 is 1.51 bits per heavy atom. The fraction of sp³-hybridized carbons (Fsp3) is 0.316. The van der Waals surface area contributed by atoms with Gasteiger partial charge in [0.25, 0.3) is 0 Å². The van der Waals surface area contributed by atoms with Crippen LogP contribution in [0.25, 0.3) is 43.5 Å². The van der Waals surface area contributed by atoms with Gasteiger partial charge in [0.05, 0.1) is 46.1 Å². The summed E-state index contributed by atoms with van der Waals surface area (Å²) >= 11 is 0. The average molecular weight is 621 g/mol. The van der Waals surface area contributed by atoms with Crippen molar-refractivity contribution < 1.29 is 18.6 Å². The predicted molar refractivity (Wildman–Crippen MR) is 189 cm³/mol. The van der Waals surface area contributed by atoms with Crippen molar-refractivity contribution in [2.75, 3.05) is 0 Å². The van der Waals surface area contributed by atoms with Crippen molar-refractivity contribution in [1.82, 2.24) is 4.57 Å². The molecule has 0 atom stereocenters. The van der Waals surface area contributed by atoms with E-state index in [2.05, 4.69) is 119 Å². The van der Waals surface area contributed by atoms with Crippen LogP contribution in [0, 0.1) is 17.9 Å². The largest absolute Gasteiger partial charge is 0.494 e. The van der Waals surface area contributed by atoms with Gasteiger partial charge in [-0.25, -0.2) is 4.85 Å². The summed E-state index contributed by atoms with van der Waals surface area (Å²) in [5.74, 6) is 0. The Hall–Kier alpha value is -4.37. The molecule has 47 heavy (non-hydrogen) atoms. The summed E-state index contributed by atoms with van der Waals surface area (Å²) in [6, 6.07) is 28.4. The van der Waals surface area contributed by atoms with Crippen molar-refractivity contribution >= 4 is 52.7 Å². The zero-order chi connectivity index (χ0) is 33.5. The van der Waals surface area contributed by atoms with Gasteiger partial charge < -0.3 is 23.2 Å². The third-order valence-electron chi connectivity index (χ3n) is 10.5. The van der Waals surface area contributed by atoms with Gasteiger partial charge in [0.15, 0.2) is 5.69 Å². The molecule has 0 radical (unpaired) electrons. The lowest BCUT2D eigenvalue weighted by Gasteiger charge is -2.32. The van der Waals surface area contributed by atoms with Crippen LogP contribution in [0.15, 0.2) is 78.9 Å². The minimum Gasteiger partial charge on any atom is -0.399 e. The quantitative estimate of drug-likeness (QED) is 0.154. The van der Waals surface area contributed by atoms with Crippen molar-refractivity contribution in [2.24, 2.45) is 0 Å². The van der Waals surface area contributed by atoms with Gasteiger partial charge in [-0.15, -0.1) is 0 Å². The fourth-order valence-electron chi connectivity index (χ4n) is 6.30. The highest BCUT2D eigenvalue weighted by molar-refractivity contribution is 6.63. The highest BCUT2D eigenvalue weighted by atomic mass is 16.7. The van der Waals surface area contributed by atoms with Gasteiger partial charge >= 0.3 is 14.2 Å². The van der Waals surface area contributed by atoms with Crippen molar-refractivity contribution in [1.29, 1.82) is 5.26 Å². The first-order valence-corrected chi connectivity index (χ1v) is 16.0. The topological polar surface area (TPSA) is 70.0 Å². The smallest absolute Gasteiger partial charge is 0.399 e. The Morgan fingerprint density at radius 1 is 0.617 bits per heavy atom. The molecule has 0 aliphatic carbocycles. The zero-order valence-electron chi connectivity index (χ0n) is 28.1. The molecule has 3 heterocycles. The first-order valence-electron chi connectivity index (χ1n) is 16.0. The zero-order valence-corrected chi connectivity index (χ0v) is 28.1. The van der Waals surface area contributed by atoms with Crippen LogP contribution in [-0.4, -0.2) is 41.2 Å². The summed E-state index contributed by atoms with van der Waals surface area (Å²) in [5.41, 5.74) is 5.87. The van der Waals surface area contributed by atoms with Gasteiger partial charge in [0.1, 0.15) is 0 Å². The van der Waals surface area contributed by atoms with Crippen LogP contribution in [-0.2, 0) is 18.6 Å². The summed E-state index contributed by atoms with van der Waals surface area (Å²) in [7, 11) is -0.976. The normalized spacial score (nSPS) is 19.3. The molecule has 2 fully saturated rings. The Labute approximate surface area is 277 Å². The van der Waals surface area contributed by atoms with E-state index in [9.17, 15) is 5.26 Å². The van der Waals surface area contributed by atoms with Gasteiger partial charge in [0, 0.05) is 22.0 Å². The fourth-order valence-corrected chi connectivity index (χ4v) is 6.30. The number of nitrogens with zero attached hydrogens (tertiary/aromatic N) is 3. The number of rotatable bonds is 4. The maximum absolute atomic E-state index is 9.49. The molecule has 2 aliphatic heterocycles. The van der Waals surface area contributed by atoms with Crippen LogP contribution in [0.3, 0.4) is 0 Å². The van der Waals surface area contributed by atoms with E-state index in [0.29, 0.717) is 11.3 Å². The standard InChI is InChI=1S/C38H37B2N3O4/c1-35(2)36(3,4)45-39(44-35)27-12-16-33-31(21-27)32-22-28(40-46-37(5,6)38(7,8)47-40)13-17-34(32)43(33)30-14-10-25(11-15-30)26-18-24(23-41)19-29(20-26)42-9/h10-22H,1-8H3. The average Bonchev–Trinajstić information content (AvgIpc) is 3.56. The second-order valence-electron chi connectivity index (χ2n) is 14.6. The summed E-state index contributed by atoms with van der Waals surface area (Å²) in [5, 5.41) is 11.6. The molecule has 0 saturated carbocycles. The van der Waals surface area contributed by atoms with Crippen molar-refractivity contribution in [2.45, 2.75) is 77.8 Å². The van der Waals surface area contributed by atoms with Crippen LogP contribution in [0.5, 0.6) is 0 Å². The molecule has 1 aromatic heterocycles. The van der Waals surface area contributed by atoms with E-state index < -0.39 is 36.6 Å². The van der Waals surface area contributed by atoms with Crippen molar-refractivity contribution in [3.63, 3.8) is 0 Å². The Morgan fingerprint density at radius 2 is 1.09 bits per heavy atom. The number of hydrogen-bond acceptors (Lipinski definition) is 5. The summed E-state index contributed by atoms with van der Waals surface area (Å²) in [6.07, 6.45) is 0. The van der Waals surface area contributed by atoms with E-state index in [4.69, 9.17) is 25.2 Å². The molecule has 234 valence electrons. The predicted octanol–water partition coefficient (Wildman–Crippen LogP) is 7.47. The van der Waals surface area contributed by atoms with Crippen LogP contribution < -0.4 is 10.9 Å². The Kier molecular flexibility index (Phi) is 7.03. The van der Waals surface area contributed by atoms with Crippen molar-refractivity contribution in [3.8, 4) is 22.9 Å². The molecule has 2 saturated heterocycles. The first-order chi connectivity index (χ1) is 22.1.